The Bertz CT molecular complexity index is 1090. The van der Waals surface area contributed by atoms with Gasteiger partial charge in [0.05, 0.1) is 17.3 Å². The molecule has 5 nitrogen and oxygen atoms in total. The Morgan fingerprint density at radius 1 is 1.23 bits per heavy atom. The van der Waals surface area contributed by atoms with Crippen molar-refractivity contribution in [2.24, 2.45) is 0 Å². The van der Waals surface area contributed by atoms with Gasteiger partial charge in [-0.3, -0.25) is 0 Å². The van der Waals surface area contributed by atoms with E-state index in [2.05, 4.69) is 20.5 Å². The topological polar surface area (TPSA) is 70.9 Å². The summed E-state index contributed by atoms with van der Waals surface area (Å²) in [6, 6.07) is 4.62. The highest BCUT2D eigenvalue weighted by Crippen LogP contribution is 2.43. The second kappa shape index (κ2) is 8.00. The van der Waals surface area contributed by atoms with Gasteiger partial charge in [-0.1, -0.05) is 30.7 Å². The molecule has 0 aliphatic rings. The van der Waals surface area contributed by atoms with Crippen LogP contribution in [-0.4, -0.2) is 25.9 Å². The maximum atomic E-state index is 15.1. The molecule has 0 aliphatic carbocycles. The highest BCUT2D eigenvalue weighted by atomic mass is 35.5. The Morgan fingerprint density at radius 3 is 2.60 bits per heavy atom. The number of fused-ring (bicyclic) bond motifs is 1. The second-order valence-electron chi connectivity index (χ2n) is 7.46. The second-order valence-corrected chi connectivity index (χ2v) is 7.85. The smallest absolute Gasteiger partial charge is 0.303 e. The molecular weight excluding hydrogens is 417 g/mol. The molecule has 30 heavy (non-hydrogen) atoms. The fraction of sp³-hybridized carbons (Fsp3) is 0.381. The Labute approximate surface area is 177 Å². The van der Waals surface area contributed by atoms with Crippen LogP contribution in [0.1, 0.15) is 50.1 Å². The quantitative estimate of drug-likeness (QED) is 0.493. The van der Waals surface area contributed by atoms with E-state index in [9.17, 15) is 13.9 Å². The van der Waals surface area contributed by atoms with E-state index >= 15 is 4.39 Å². The van der Waals surface area contributed by atoms with Crippen molar-refractivity contribution in [1.82, 2.24) is 15.2 Å². The largest absolute Gasteiger partial charge is 0.384 e. The van der Waals surface area contributed by atoms with Gasteiger partial charge in [-0.05, 0) is 39.3 Å². The van der Waals surface area contributed by atoms with E-state index < -0.39 is 28.9 Å². The summed E-state index contributed by atoms with van der Waals surface area (Å²) in [4.78, 5) is 4.03. The molecule has 2 atom stereocenters. The molecule has 2 heterocycles. The molecule has 0 fully saturated rings. The number of hydrogen-bond donors (Lipinski definition) is 2. The molecule has 0 saturated carbocycles. The summed E-state index contributed by atoms with van der Waals surface area (Å²) in [5, 5.41) is 22.9. The first-order chi connectivity index (χ1) is 14.0. The van der Waals surface area contributed by atoms with E-state index in [-0.39, 0.29) is 17.1 Å². The lowest BCUT2D eigenvalue weighted by molar-refractivity contribution is -0.181. The number of nitrogens with zero attached hydrogens (tertiary/aromatic N) is 3. The number of hydrogen-bond acceptors (Lipinski definition) is 5. The van der Waals surface area contributed by atoms with Gasteiger partial charge in [-0.2, -0.15) is 13.9 Å². The number of benzene rings is 1. The number of nitrogens with one attached hydrogen (secondary N) is 1. The van der Waals surface area contributed by atoms with Gasteiger partial charge < -0.3 is 10.4 Å². The Kier molecular flexibility index (Phi) is 5.93. The highest BCUT2D eigenvalue weighted by molar-refractivity contribution is 6.30. The average Bonchev–Trinajstić information content (AvgIpc) is 2.69. The summed E-state index contributed by atoms with van der Waals surface area (Å²) in [5.41, 5.74) is -2.59. The van der Waals surface area contributed by atoms with Crippen molar-refractivity contribution in [2.75, 3.05) is 5.32 Å². The maximum absolute atomic E-state index is 15.1. The van der Waals surface area contributed by atoms with Crippen molar-refractivity contribution in [3.63, 3.8) is 0 Å². The van der Waals surface area contributed by atoms with E-state index in [0.717, 1.165) is 13.0 Å². The van der Waals surface area contributed by atoms with Gasteiger partial charge in [0, 0.05) is 22.5 Å². The minimum Gasteiger partial charge on any atom is -0.384 e. The third-order valence-electron chi connectivity index (χ3n) is 5.37. The summed E-state index contributed by atoms with van der Waals surface area (Å²) in [5.74, 6) is -4.53. The molecule has 0 bridgehead atoms. The fourth-order valence-corrected chi connectivity index (χ4v) is 3.33. The van der Waals surface area contributed by atoms with Crippen molar-refractivity contribution in [2.45, 2.75) is 51.7 Å². The van der Waals surface area contributed by atoms with E-state index in [0.29, 0.717) is 22.3 Å². The zero-order valence-corrected chi connectivity index (χ0v) is 17.7. The lowest BCUT2D eigenvalue weighted by Crippen LogP contribution is -2.43. The summed E-state index contributed by atoms with van der Waals surface area (Å²) >= 11 is 6.00. The third kappa shape index (κ3) is 3.81. The van der Waals surface area contributed by atoms with Gasteiger partial charge in [-0.25, -0.2) is 9.37 Å². The third-order valence-corrected chi connectivity index (χ3v) is 5.57. The number of halogens is 4. The van der Waals surface area contributed by atoms with Gasteiger partial charge in [0.15, 0.2) is 5.82 Å². The van der Waals surface area contributed by atoms with Gasteiger partial charge in [-0.15, -0.1) is 5.10 Å². The first-order valence-electron chi connectivity index (χ1n) is 9.43. The van der Waals surface area contributed by atoms with Crippen molar-refractivity contribution in [1.29, 1.82) is 0 Å². The Morgan fingerprint density at radius 2 is 1.93 bits per heavy atom. The normalized spacial score (nSPS) is 15.1. The van der Waals surface area contributed by atoms with Crippen LogP contribution >= 0.6 is 11.6 Å². The highest BCUT2D eigenvalue weighted by Gasteiger charge is 2.51. The van der Waals surface area contributed by atoms with Crippen LogP contribution in [0.2, 0.25) is 5.15 Å². The van der Waals surface area contributed by atoms with Gasteiger partial charge in [0.2, 0.25) is 0 Å². The minimum absolute atomic E-state index is 0.00903. The number of pyridine rings is 1. The molecule has 0 amide bonds. The van der Waals surface area contributed by atoms with E-state index in [4.69, 9.17) is 11.6 Å². The van der Waals surface area contributed by atoms with E-state index in [1.165, 1.54) is 19.1 Å². The SMILES string of the molecule is CCC(C)(O)C(F)(F)c1cccc(C(C)Nc2nnc(C)c3cnc(Cl)cc23)c1F. The van der Waals surface area contributed by atoms with Crippen LogP contribution in [-0.2, 0) is 5.92 Å². The molecule has 9 heteroatoms. The molecule has 0 saturated heterocycles. The van der Waals surface area contributed by atoms with Crippen LogP contribution in [0.5, 0.6) is 0 Å². The van der Waals surface area contributed by atoms with Crippen LogP contribution in [0.3, 0.4) is 0 Å². The molecule has 160 valence electrons. The fourth-order valence-electron chi connectivity index (χ4n) is 3.18. The average molecular weight is 439 g/mol. The minimum atomic E-state index is -3.77. The molecule has 0 spiro atoms. The first kappa shape index (κ1) is 22.2. The Hall–Kier alpha value is -2.45. The first-order valence-corrected chi connectivity index (χ1v) is 9.81. The van der Waals surface area contributed by atoms with E-state index in [1.54, 1.807) is 26.1 Å². The van der Waals surface area contributed by atoms with Crippen LogP contribution < -0.4 is 5.32 Å². The molecule has 2 unspecified atom stereocenters. The van der Waals surface area contributed by atoms with Crippen molar-refractivity contribution in [3.05, 3.63) is 58.3 Å². The molecule has 0 radical (unpaired) electrons. The molecule has 3 rings (SSSR count). The number of aliphatic hydroxyl groups is 1. The van der Waals surface area contributed by atoms with E-state index in [1.807, 2.05) is 0 Å². The lowest BCUT2D eigenvalue weighted by Gasteiger charge is -2.32. The molecule has 3 aromatic rings. The zero-order chi connectivity index (χ0) is 22.3. The van der Waals surface area contributed by atoms with Gasteiger partial charge in [0.25, 0.3) is 0 Å². The zero-order valence-electron chi connectivity index (χ0n) is 17.0. The van der Waals surface area contributed by atoms with Crippen molar-refractivity contribution >= 4 is 28.2 Å². The number of rotatable bonds is 6. The maximum Gasteiger partial charge on any atom is 0.303 e. The Balaban J connectivity index is 2.02. The van der Waals surface area contributed by atoms with Crippen LogP contribution in [0, 0.1) is 12.7 Å². The summed E-state index contributed by atoms with van der Waals surface area (Å²) < 4.78 is 44.7. The number of aryl methyl sites for hydroxylation is 1. The lowest BCUT2D eigenvalue weighted by atomic mass is 9.87. The van der Waals surface area contributed by atoms with Crippen molar-refractivity contribution in [3.8, 4) is 0 Å². The van der Waals surface area contributed by atoms with Crippen LogP contribution in [0.15, 0.2) is 30.5 Å². The van der Waals surface area contributed by atoms with Crippen molar-refractivity contribution < 1.29 is 18.3 Å². The van der Waals surface area contributed by atoms with Crippen LogP contribution in [0.4, 0.5) is 19.0 Å². The monoisotopic (exact) mass is 438 g/mol. The molecule has 1 aromatic carbocycles. The molecular formula is C21H22ClF3N4O. The number of anilines is 1. The molecule has 2 aromatic heterocycles. The predicted octanol–water partition coefficient (Wildman–Crippen LogP) is 5.55. The summed E-state index contributed by atoms with van der Waals surface area (Å²) in [6.07, 6.45) is 1.32. The molecule has 0 aliphatic heterocycles. The van der Waals surface area contributed by atoms with Crippen LogP contribution in [0.25, 0.3) is 10.8 Å². The summed E-state index contributed by atoms with van der Waals surface area (Å²) in [6.45, 7) is 5.80. The number of alkyl halides is 2. The van der Waals surface area contributed by atoms with Gasteiger partial charge >= 0.3 is 5.92 Å². The summed E-state index contributed by atoms with van der Waals surface area (Å²) in [7, 11) is 0. The predicted molar refractivity (Wildman–Crippen MR) is 110 cm³/mol. The molecule has 2 N–H and O–H groups in total. The van der Waals surface area contributed by atoms with Gasteiger partial charge in [0.1, 0.15) is 16.6 Å². The standard InChI is InChI=1S/C21H22ClF3N4O/c1-5-20(4,30)21(24,25)16-8-6-7-13(18(16)23)11(2)27-19-14-9-17(22)26-10-15(14)12(3)28-29-19/h6-11,30H,5H2,1-4H3,(H,27,29). The number of aromatic nitrogens is 3.